The standard InChI is InChI=1S/C18H34N2/c1-4-19-17(16-12-8-5-6-9-13-16)18(2,3)20-14-10-7-11-15-20/h12,17,19H,4-11,13-15H2,1-3H3. The van der Waals surface area contributed by atoms with Gasteiger partial charge >= 0.3 is 0 Å². The zero-order valence-corrected chi connectivity index (χ0v) is 13.9. The Hall–Kier alpha value is -0.340. The van der Waals surface area contributed by atoms with Gasteiger partial charge in [0.2, 0.25) is 0 Å². The van der Waals surface area contributed by atoms with Crippen LogP contribution in [0.25, 0.3) is 0 Å². The van der Waals surface area contributed by atoms with Crippen molar-refractivity contribution in [3.8, 4) is 0 Å². The van der Waals surface area contributed by atoms with Crippen molar-refractivity contribution in [2.45, 2.75) is 83.7 Å². The lowest BCUT2D eigenvalue weighted by molar-refractivity contribution is 0.0711. The number of allylic oxidation sites excluding steroid dienone is 1. The Morgan fingerprint density at radius 1 is 1.10 bits per heavy atom. The molecule has 2 rings (SSSR count). The molecular weight excluding hydrogens is 244 g/mol. The van der Waals surface area contributed by atoms with Gasteiger partial charge in [-0.1, -0.05) is 31.4 Å². The Balaban J connectivity index is 2.14. The molecule has 0 saturated carbocycles. The van der Waals surface area contributed by atoms with Crippen LogP contribution in [0, 0.1) is 0 Å². The molecule has 1 aliphatic carbocycles. The molecule has 1 atom stereocenters. The molecule has 0 aromatic heterocycles. The minimum absolute atomic E-state index is 0.243. The summed E-state index contributed by atoms with van der Waals surface area (Å²) in [4.78, 5) is 2.73. The number of hydrogen-bond acceptors (Lipinski definition) is 2. The van der Waals surface area contributed by atoms with Crippen molar-refractivity contribution in [3.63, 3.8) is 0 Å². The molecule has 1 aliphatic heterocycles. The molecule has 20 heavy (non-hydrogen) atoms. The fraction of sp³-hybridized carbons (Fsp3) is 0.889. The predicted molar refractivity (Wildman–Crippen MR) is 88.1 cm³/mol. The van der Waals surface area contributed by atoms with Crippen LogP contribution in [0.3, 0.4) is 0 Å². The Morgan fingerprint density at radius 2 is 1.80 bits per heavy atom. The molecule has 1 fully saturated rings. The summed E-state index contributed by atoms with van der Waals surface area (Å²) in [5, 5.41) is 3.81. The molecule has 1 saturated heterocycles. The van der Waals surface area contributed by atoms with Gasteiger partial charge in [0, 0.05) is 11.6 Å². The molecule has 0 radical (unpaired) electrons. The normalized spacial score (nSPS) is 24.1. The second kappa shape index (κ2) is 7.61. The summed E-state index contributed by atoms with van der Waals surface area (Å²) in [6.07, 6.45) is 13.5. The summed E-state index contributed by atoms with van der Waals surface area (Å²) in [5.41, 5.74) is 1.92. The third kappa shape index (κ3) is 3.85. The highest BCUT2D eigenvalue weighted by Crippen LogP contribution is 2.31. The van der Waals surface area contributed by atoms with E-state index in [-0.39, 0.29) is 5.54 Å². The van der Waals surface area contributed by atoms with Gasteiger partial charge in [0.05, 0.1) is 0 Å². The van der Waals surface area contributed by atoms with Gasteiger partial charge in [-0.2, -0.15) is 0 Å². The molecular formula is C18H34N2. The third-order valence-corrected chi connectivity index (χ3v) is 5.23. The van der Waals surface area contributed by atoms with E-state index in [0.29, 0.717) is 6.04 Å². The molecule has 1 N–H and O–H groups in total. The van der Waals surface area contributed by atoms with Gasteiger partial charge in [-0.15, -0.1) is 0 Å². The van der Waals surface area contributed by atoms with E-state index < -0.39 is 0 Å². The maximum Gasteiger partial charge on any atom is 0.0461 e. The smallest absolute Gasteiger partial charge is 0.0461 e. The minimum atomic E-state index is 0.243. The first-order valence-corrected chi connectivity index (χ1v) is 8.83. The molecule has 0 amide bonds. The lowest BCUT2D eigenvalue weighted by atomic mass is 9.83. The van der Waals surface area contributed by atoms with Gasteiger partial charge in [0.1, 0.15) is 0 Å². The van der Waals surface area contributed by atoms with Crippen molar-refractivity contribution < 1.29 is 0 Å². The first-order valence-electron chi connectivity index (χ1n) is 8.83. The van der Waals surface area contributed by atoms with Gasteiger partial charge in [-0.25, -0.2) is 0 Å². The van der Waals surface area contributed by atoms with Gasteiger partial charge in [0.15, 0.2) is 0 Å². The Morgan fingerprint density at radius 3 is 2.50 bits per heavy atom. The van der Waals surface area contributed by atoms with E-state index in [2.05, 4.69) is 37.1 Å². The average molecular weight is 278 g/mol. The molecule has 2 aliphatic rings. The van der Waals surface area contributed by atoms with Crippen LogP contribution in [0.1, 0.15) is 72.1 Å². The van der Waals surface area contributed by atoms with Crippen molar-refractivity contribution in [1.29, 1.82) is 0 Å². The van der Waals surface area contributed by atoms with Crippen LogP contribution in [-0.4, -0.2) is 36.1 Å². The topological polar surface area (TPSA) is 15.3 Å². The van der Waals surface area contributed by atoms with Crippen LogP contribution in [0.4, 0.5) is 0 Å². The van der Waals surface area contributed by atoms with Crippen LogP contribution >= 0.6 is 0 Å². The fourth-order valence-electron chi connectivity index (χ4n) is 3.99. The van der Waals surface area contributed by atoms with E-state index in [9.17, 15) is 0 Å². The second-order valence-electron chi connectivity index (χ2n) is 7.07. The molecule has 1 heterocycles. The van der Waals surface area contributed by atoms with Gasteiger partial charge in [-0.3, -0.25) is 4.90 Å². The van der Waals surface area contributed by atoms with Crippen molar-refractivity contribution in [2.24, 2.45) is 0 Å². The lowest BCUT2D eigenvalue weighted by Gasteiger charge is -2.47. The van der Waals surface area contributed by atoms with Crippen molar-refractivity contribution >= 4 is 0 Å². The summed E-state index contributed by atoms with van der Waals surface area (Å²) >= 11 is 0. The largest absolute Gasteiger partial charge is 0.309 e. The summed E-state index contributed by atoms with van der Waals surface area (Å²) in [6.45, 7) is 10.8. The van der Waals surface area contributed by atoms with Crippen LogP contribution in [0.5, 0.6) is 0 Å². The van der Waals surface area contributed by atoms with E-state index in [1.807, 2.05) is 0 Å². The average Bonchev–Trinajstić information content (AvgIpc) is 2.74. The summed E-state index contributed by atoms with van der Waals surface area (Å²) < 4.78 is 0. The Labute approximate surface area is 126 Å². The highest BCUT2D eigenvalue weighted by Gasteiger charge is 2.37. The van der Waals surface area contributed by atoms with Crippen LogP contribution in [0.15, 0.2) is 11.6 Å². The van der Waals surface area contributed by atoms with E-state index >= 15 is 0 Å². The number of piperidine rings is 1. The fourth-order valence-corrected chi connectivity index (χ4v) is 3.99. The van der Waals surface area contributed by atoms with Crippen LogP contribution in [0.2, 0.25) is 0 Å². The first kappa shape index (κ1) is 16.0. The molecule has 1 unspecified atom stereocenters. The molecule has 0 bridgehead atoms. The zero-order valence-electron chi connectivity index (χ0n) is 13.9. The highest BCUT2D eigenvalue weighted by molar-refractivity contribution is 5.19. The number of nitrogens with one attached hydrogen (secondary N) is 1. The predicted octanol–water partition coefficient (Wildman–Crippen LogP) is 4.12. The maximum atomic E-state index is 3.81. The number of likely N-dealkylation sites (tertiary alicyclic amines) is 1. The van der Waals surface area contributed by atoms with E-state index in [1.165, 1.54) is 64.5 Å². The quantitative estimate of drug-likeness (QED) is 0.761. The van der Waals surface area contributed by atoms with E-state index in [4.69, 9.17) is 0 Å². The van der Waals surface area contributed by atoms with Crippen LogP contribution < -0.4 is 5.32 Å². The number of rotatable bonds is 5. The molecule has 2 heteroatoms. The van der Waals surface area contributed by atoms with Gasteiger partial charge in [0.25, 0.3) is 0 Å². The van der Waals surface area contributed by atoms with Gasteiger partial charge in [-0.05, 0) is 72.0 Å². The maximum absolute atomic E-state index is 3.81. The zero-order chi connectivity index (χ0) is 14.4. The van der Waals surface area contributed by atoms with Crippen molar-refractivity contribution in [1.82, 2.24) is 10.2 Å². The summed E-state index contributed by atoms with van der Waals surface area (Å²) in [5.74, 6) is 0. The third-order valence-electron chi connectivity index (χ3n) is 5.23. The summed E-state index contributed by atoms with van der Waals surface area (Å²) in [6, 6.07) is 0.531. The van der Waals surface area contributed by atoms with Gasteiger partial charge < -0.3 is 5.32 Å². The Bertz CT molecular complexity index is 313. The minimum Gasteiger partial charge on any atom is -0.309 e. The number of hydrogen-bond donors (Lipinski definition) is 1. The number of nitrogens with zero attached hydrogens (tertiary/aromatic N) is 1. The SMILES string of the molecule is CCNC(C1=CCCCCC1)C(C)(C)N1CCCCC1. The van der Waals surface area contributed by atoms with E-state index in [0.717, 1.165) is 6.54 Å². The molecule has 116 valence electrons. The molecule has 2 nitrogen and oxygen atoms in total. The first-order chi connectivity index (χ1) is 9.66. The molecule has 0 aromatic carbocycles. The Kier molecular flexibility index (Phi) is 6.10. The van der Waals surface area contributed by atoms with Crippen molar-refractivity contribution in [3.05, 3.63) is 11.6 Å². The van der Waals surface area contributed by atoms with Crippen molar-refractivity contribution in [2.75, 3.05) is 19.6 Å². The second-order valence-corrected chi connectivity index (χ2v) is 7.07. The lowest BCUT2D eigenvalue weighted by Crippen LogP contribution is -2.59. The van der Waals surface area contributed by atoms with Crippen LogP contribution in [-0.2, 0) is 0 Å². The molecule has 0 aromatic rings. The summed E-state index contributed by atoms with van der Waals surface area (Å²) in [7, 11) is 0. The number of likely N-dealkylation sites (N-methyl/N-ethyl adjacent to an activating group) is 1. The highest BCUT2D eigenvalue weighted by atomic mass is 15.2. The van der Waals surface area contributed by atoms with E-state index in [1.54, 1.807) is 5.57 Å². The monoisotopic (exact) mass is 278 g/mol. The molecule has 0 spiro atoms.